The van der Waals surface area contributed by atoms with Crippen molar-refractivity contribution in [2.75, 3.05) is 32.7 Å². The highest BCUT2D eigenvalue weighted by Crippen LogP contribution is 2.14. The molecule has 3 rings (SSSR count). The predicted octanol–water partition coefficient (Wildman–Crippen LogP) is 3.04. The van der Waals surface area contributed by atoms with Crippen molar-refractivity contribution in [2.24, 2.45) is 0 Å². The summed E-state index contributed by atoms with van der Waals surface area (Å²) in [4.78, 5) is 28.9. The van der Waals surface area contributed by atoms with Crippen LogP contribution in [-0.4, -0.2) is 54.3 Å². The number of hydrogen-bond donors (Lipinski definition) is 1. The van der Waals surface area contributed by atoms with Crippen molar-refractivity contribution < 1.29 is 9.59 Å². The van der Waals surface area contributed by atoms with E-state index in [1.165, 1.54) is 0 Å². The summed E-state index contributed by atoms with van der Waals surface area (Å²) < 4.78 is 0. The molecule has 1 N–H and O–H groups in total. The molecule has 2 aromatic rings. The average molecular weight is 414 g/mol. The lowest BCUT2D eigenvalue weighted by Gasteiger charge is -2.34. The Hall–Kier alpha value is -2.37. The van der Waals surface area contributed by atoms with Crippen molar-refractivity contribution >= 4 is 23.4 Å². The van der Waals surface area contributed by atoms with Crippen molar-refractivity contribution in [3.8, 4) is 0 Å². The van der Waals surface area contributed by atoms with Gasteiger partial charge in [-0.25, -0.2) is 0 Å². The monoisotopic (exact) mass is 413 g/mol. The zero-order valence-corrected chi connectivity index (χ0v) is 17.6. The van der Waals surface area contributed by atoms with E-state index in [2.05, 4.69) is 10.2 Å². The first-order valence-corrected chi connectivity index (χ1v) is 10.5. The van der Waals surface area contributed by atoms with Gasteiger partial charge in [0.15, 0.2) is 0 Å². The third kappa shape index (κ3) is 6.31. The van der Waals surface area contributed by atoms with Gasteiger partial charge in [0.2, 0.25) is 11.8 Å². The number of hydrogen-bond acceptors (Lipinski definition) is 3. The number of nitrogens with one attached hydrogen (secondary N) is 1. The Morgan fingerprint density at radius 2 is 1.62 bits per heavy atom. The summed E-state index contributed by atoms with van der Waals surface area (Å²) in [7, 11) is 0. The van der Waals surface area contributed by atoms with Gasteiger partial charge in [0.25, 0.3) is 0 Å². The molecule has 2 aromatic carbocycles. The van der Waals surface area contributed by atoms with Crippen LogP contribution in [0.15, 0.2) is 48.5 Å². The zero-order valence-electron chi connectivity index (χ0n) is 16.9. The number of rotatable bonds is 7. The minimum Gasteiger partial charge on any atom is -0.352 e. The smallest absolute Gasteiger partial charge is 0.227 e. The zero-order chi connectivity index (χ0) is 20.6. The quantitative estimate of drug-likeness (QED) is 0.759. The molecular weight excluding hydrogens is 386 g/mol. The van der Waals surface area contributed by atoms with E-state index >= 15 is 0 Å². The van der Waals surface area contributed by atoms with Crippen LogP contribution in [0.25, 0.3) is 0 Å². The molecule has 0 unspecified atom stereocenters. The predicted molar refractivity (Wildman–Crippen MR) is 116 cm³/mol. The Bertz CT molecular complexity index is 848. The van der Waals surface area contributed by atoms with Crippen LogP contribution in [0.2, 0.25) is 5.02 Å². The van der Waals surface area contributed by atoms with Crippen molar-refractivity contribution in [3.63, 3.8) is 0 Å². The number of piperazine rings is 1. The Labute approximate surface area is 177 Å². The van der Waals surface area contributed by atoms with Gasteiger partial charge in [0.05, 0.1) is 6.42 Å². The molecule has 1 heterocycles. The molecular formula is C23H28ClN3O2. The van der Waals surface area contributed by atoms with E-state index < -0.39 is 0 Å². The van der Waals surface area contributed by atoms with Gasteiger partial charge in [-0.05, 0) is 29.7 Å². The second-order valence-corrected chi connectivity index (χ2v) is 7.85. The second-order valence-electron chi connectivity index (χ2n) is 7.44. The summed E-state index contributed by atoms with van der Waals surface area (Å²) in [5.74, 6) is 0.194. The largest absolute Gasteiger partial charge is 0.352 e. The highest BCUT2D eigenvalue weighted by atomic mass is 35.5. The number of aryl methyl sites for hydroxylation is 1. The van der Waals surface area contributed by atoms with Gasteiger partial charge in [-0.3, -0.25) is 14.5 Å². The van der Waals surface area contributed by atoms with Crippen molar-refractivity contribution in [1.82, 2.24) is 15.1 Å². The number of carbonyl (C=O) groups excluding carboxylic acids is 2. The maximum Gasteiger partial charge on any atom is 0.227 e. The SMILES string of the molecule is Cc1ccccc1CC(=O)N1CCN(CCC(=O)NCc2ccccc2Cl)CC1. The molecule has 0 spiro atoms. The normalized spacial score (nSPS) is 14.6. The van der Waals surface area contributed by atoms with Gasteiger partial charge in [-0.15, -0.1) is 0 Å². The van der Waals surface area contributed by atoms with E-state index in [0.29, 0.717) is 44.0 Å². The fourth-order valence-electron chi connectivity index (χ4n) is 3.49. The van der Waals surface area contributed by atoms with E-state index in [4.69, 9.17) is 11.6 Å². The summed E-state index contributed by atoms with van der Waals surface area (Å²) in [6.07, 6.45) is 0.902. The lowest BCUT2D eigenvalue weighted by atomic mass is 10.1. The topological polar surface area (TPSA) is 52.7 Å². The number of halogens is 1. The number of benzene rings is 2. The van der Waals surface area contributed by atoms with Crippen LogP contribution in [0.1, 0.15) is 23.1 Å². The molecule has 154 valence electrons. The van der Waals surface area contributed by atoms with Crippen molar-refractivity contribution in [2.45, 2.75) is 26.3 Å². The van der Waals surface area contributed by atoms with Crippen LogP contribution in [0.3, 0.4) is 0 Å². The Morgan fingerprint density at radius 1 is 0.966 bits per heavy atom. The van der Waals surface area contributed by atoms with E-state index in [-0.39, 0.29) is 11.8 Å². The molecule has 0 aliphatic carbocycles. The van der Waals surface area contributed by atoms with E-state index in [1.54, 1.807) is 0 Å². The fourth-order valence-corrected chi connectivity index (χ4v) is 3.69. The molecule has 6 heteroatoms. The molecule has 1 fully saturated rings. The summed E-state index contributed by atoms with van der Waals surface area (Å²) in [5.41, 5.74) is 3.17. The summed E-state index contributed by atoms with van der Waals surface area (Å²) in [6.45, 7) is 6.22. The minimum atomic E-state index is 0.0166. The highest BCUT2D eigenvalue weighted by Gasteiger charge is 2.21. The molecule has 2 amide bonds. The molecule has 0 bridgehead atoms. The third-order valence-electron chi connectivity index (χ3n) is 5.42. The lowest BCUT2D eigenvalue weighted by Crippen LogP contribution is -2.49. The van der Waals surface area contributed by atoms with Crippen LogP contribution in [-0.2, 0) is 22.6 Å². The van der Waals surface area contributed by atoms with Gasteiger partial charge in [0, 0.05) is 50.7 Å². The van der Waals surface area contributed by atoms with Gasteiger partial charge >= 0.3 is 0 Å². The fraction of sp³-hybridized carbons (Fsp3) is 0.391. The number of carbonyl (C=O) groups is 2. The Morgan fingerprint density at radius 3 is 2.31 bits per heavy atom. The van der Waals surface area contributed by atoms with Gasteiger partial charge in [-0.1, -0.05) is 54.1 Å². The van der Waals surface area contributed by atoms with E-state index in [1.807, 2.05) is 60.4 Å². The summed E-state index contributed by atoms with van der Waals surface area (Å²) >= 11 is 6.11. The maximum atomic E-state index is 12.6. The van der Waals surface area contributed by atoms with Gasteiger partial charge in [-0.2, -0.15) is 0 Å². The standard InChI is InChI=1S/C23H28ClN3O2/c1-18-6-2-3-7-19(18)16-23(29)27-14-12-26(13-15-27)11-10-22(28)25-17-20-8-4-5-9-21(20)24/h2-9H,10-17H2,1H3,(H,25,28). The van der Waals surface area contributed by atoms with Crippen LogP contribution < -0.4 is 5.32 Å². The molecule has 1 aliphatic heterocycles. The molecule has 1 saturated heterocycles. The number of nitrogens with zero attached hydrogens (tertiary/aromatic N) is 2. The lowest BCUT2D eigenvalue weighted by molar-refractivity contribution is -0.132. The van der Waals surface area contributed by atoms with Gasteiger partial charge < -0.3 is 10.2 Å². The minimum absolute atomic E-state index is 0.0166. The first-order chi connectivity index (χ1) is 14.0. The molecule has 0 saturated carbocycles. The van der Waals surface area contributed by atoms with Crippen LogP contribution in [0.5, 0.6) is 0 Å². The number of amides is 2. The first kappa shape index (κ1) is 21.3. The average Bonchev–Trinajstić information content (AvgIpc) is 2.73. The third-order valence-corrected chi connectivity index (χ3v) is 5.79. The van der Waals surface area contributed by atoms with E-state index in [0.717, 1.165) is 29.8 Å². The first-order valence-electron chi connectivity index (χ1n) is 10.1. The molecule has 29 heavy (non-hydrogen) atoms. The molecule has 0 atom stereocenters. The summed E-state index contributed by atoms with van der Waals surface area (Å²) in [6, 6.07) is 15.5. The summed E-state index contributed by atoms with van der Waals surface area (Å²) in [5, 5.41) is 3.59. The van der Waals surface area contributed by atoms with E-state index in [9.17, 15) is 9.59 Å². The Kier molecular flexibility index (Phi) is 7.67. The molecule has 5 nitrogen and oxygen atoms in total. The maximum absolute atomic E-state index is 12.6. The molecule has 0 radical (unpaired) electrons. The molecule has 0 aromatic heterocycles. The Balaban J connectivity index is 1.36. The van der Waals surface area contributed by atoms with Gasteiger partial charge in [0.1, 0.15) is 0 Å². The van der Waals surface area contributed by atoms with Crippen molar-refractivity contribution in [3.05, 3.63) is 70.2 Å². The van der Waals surface area contributed by atoms with Crippen LogP contribution >= 0.6 is 11.6 Å². The van der Waals surface area contributed by atoms with Crippen LogP contribution in [0, 0.1) is 6.92 Å². The van der Waals surface area contributed by atoms with Crippen LogP contribution in [0.4, 0.5) is 0 Å². The highest BCUT2D eigenvalue weighted by molar-refractivity contribution is 6.31. The van der Waals surface area contributed by atoms with Crippen molar-refractivity contribution in [1.29, 1.82) is 0 Å². The second kappa shape index (κ2) is 10.4. The molecule has 1 aliphatic rings.